The first kappa shape index (κ1) is 16.5. The number of benzene rings is 1. The molecule has 0 spiro atoms. The van der Waals surface area contributed by atoms with Gasteiger partial charge in [0.2, 0.25) is 0 Å². The molecule has 0 amide bonds. The summed E-state index contributed by atoms with van der Waals surface area (Å²) >= 11 is 0. The highest BCUT2D eigenvalue weighted by molar-refractivity contribution is 5.79. The zero-order chi connectivity index (χ0) is 16.2. The summed E-state index contributed by atoms with van der Waals surface area (Å²) in [6.45, 7) is 6.01. The molecule has 0 saturated heterocycles. The number of fused-ring (bicyclic) bond motifs is 1. The van der Waals surface area contributed by atoms with Gasteiger partial charge in [-0.3, -0.25) is 0 Å². The van der Waals surface area contributed by atoms with Crippen LogP contribution in [0.25, 0.3) is 0 Å². The van der Waals surface area contributed by atoms with Crippen LogP contribution in [0.4, 0.5) is 0 Å². The molecule has 0 aromatic heterocycles. The molecular formula is C22H31N. The summed E-state index contributed by atoms with van der Waals surface area (Å²) in [4.78, 5) is 0. The minimum atomic E-state index is 0.896. The molecular weight excluding hydrogens is 278 g/mol. The zero-order valence-electron chi connectivity index (χ0n) is 14.6. The molecule has 1 unspecified atom stereocenters. The number of allylic oxidation sites excluding steroid dienone is 1. The monoisotopic (exact) mass is 309 g/mol. The van der Waals surface area contributed by atoms with Gasteiger partial charge in [-0.1, -0.05) is 25.0 Å². The minimum absolute atomic E-state index is 0.896. The molecule has 1 aromatic rings. The molecule has 2 aliphatic carbocycles. The molecule has 124 valence electrons. The van der Waals surface area contributed by atoms with E-state index >= 15 is 0 Å². The summed E-state index contributed by atoms with van der Waals surface area (Å²) in [5.41, 5.74) is 5.45. The summed E-state index contributed by atoms with van der Waals surface area (Å²) in [6.07, 6.45) is 15.8. The van der Waals surface area contributed by atoms with E-state index in [9.17, 15) is 0 Å². The Hall–Kier alpha value is -1.37. The summed E-state index contributed by atoms with van der Waals surface area (Å²) in [5.74, 6) is 2.80. The van der Waals surface area contributed by atoms with Crippen LogP contribution < -0.4 is 0 Å². The van der Waals surface area contributed by atoms with Gasteiger partial charge in [0.15, 0.2) is 0 Å². The third-order valence-corrected chi connectivity index (χ3v) is 6.35. The Kier molecular flexibility index (Phi) is 5.35. The molecule has 1 atom stereocenters. The molecule has 0 radical (unpaired) electrons. The van der Waals surface area contributed by atoms with E-state index in [1.54, 1.807) is 5.56 Å². The van der Waals surface area contributed by atoms with Crippen LogP contribution in [0.2, 0.25) is 0 Å². The van der Waals surface area contributed by atoms with Crippen molar-refractivity contribution in [3.8, 4) is 0 Å². The zero-order valence-corrected chi connectivity index (χ0v) is 14.6. The first-order chi connectivity index (χ1) is 11.2. The molecule has 2 aliphatic rings. The molecule has 0 heterocycles. The Morgan fingerprint density at radius 1 is 1.09 bits per heavy atom. The maximum atomic E-state index is 7.54. The van der Waals surface area contributed by atoms with Crippen LogP contribution >= 0.6 is 0 Å². The van der Waals surface area contributed by atoms with Crippen LogP contribution in [0, 0.1) is 30.1 Å². The van der Waals surface area contributed by atoms with E-state index in [-0.39, 0.29) is 0 Å². The van der Waals surface area contributed by atoms with E-state index in [0.29, 0.717) is 0 Å². The fourth-order valence-corrected chi connectivity index (χ4v) is 4.84. The van der Waals surface area contributed by atoms with Crippen molar-refractivity contribution in [2.24, 2.45) is 17.8 Å². The van der Waals surface area contributed by atoms with Gasteiger partial charge in [-0.25, -0.2) is 0 Å². The molecule has 3 rings (SSSR count). The Bertz CT molecular complexity index is 564. The fourth-order valence-electron chi connectivity index (χ4n) is 4.84. The highest BCUT2D eigenvalue weighted by Crippen LogP contribution is 2.40. The molecule has 1 fully saturated rings. The Labute approximate surface area is 141 Å². The molecule has 0 aliphatic heterocycles. The van der Waals surface area contributed by atoms with E-state index in [1.807, 2.05) is 0 Å². The van der Waals surface area contributed by atoms with Crippen molar-refractivity contribution in [1.29, 1.82) is 5.41 Å². The lowest BCUT2D eigenvalue weighted by molar-refractivity contribution is 0.185. The molecule has 23 heavy (non-hydrogen) atoms. The fraction of sp³-hybridized carbons (Fsp3) is 0.591. The standard InChI is InChI=1S/C22H31N/c1-3-4-5-17-6-8-18(9-7-17)19-10-11-20-14-22(15-23)16(2)12-21(20)13-19/h3,12,14-15,17-19,23H,1,4-11,13H2,2H3. The quantitative estimate of drug-likeness (QED) is 0.519. The lowest BCUT2D eigenvalue weighted by atomic mass is 9.69. The van der Waals surface area contributed by atoms with Crippen LogP contribution in [-0.2, 0) is 12.8 Å². The van der Waals surface area contributed by atoms with Crippen LogP contribution in [0.5, 0.6) is 0 Å². The molecule has 0 bridgehead atoms. The normalized spacial score (nSPS) is 27.3. The van der Waals surface area contributed by atoms with Crippen molar-refractivity contribution in [3.63, 3.8) is 0 Å². The Morgan fingerprint density at radius 2 is 1.87 bits per heavy atom. The van der Waals surface area contributed by atoms with Crippen LogP contribution in [0.3, 0.4) is 0 Å². The highest BCUT2D eigenvalue weighted by Gasteiger charge is 2.30. The number of aryl methyl sites for hydroxylation is 2. The van der Waals surface area contributed by atoms with E-state index in [1.165, 1.54) is 75.1 Å². The Morgan fingerprint density at radius 3 is 2.57 bits per heavy atom. The second-order valence-electron chi connectivity index (χ2n) is 7.77. The first-order valence-electron chi connectivity index (χ1n) is 9.45. The maximum absolute atomic E-state index is 7.54. The Balaban J connectivity index is 1.61. The van der Waals surface area contributed by atoms with Crippen molar-refractivity contribution >= 4 is 6.21 Å². The SMILES string of the molecule is C=CCCC1CCC(C2CCc3cc(C=N)c(C)cc3C2)CC1. The van der Waals surface area contributed by atoms with Gasteiger partial charge >= 0.3 is 0 Å². The highest BCUT2D eigenvalue weighted by atomic mass is 14.4. The van der Waals surface area contributed by atoms with Gasteiger partial charge in [0.25, 0.3) is 0 Å². The number of hydrogen-bond acceptors (Lipinski definition) is 1. The van der Waals surface area contributed by atoms with Crippen molar-refractivity contribution in [2.75, 3.05) is 0 Å². The smallest absolute Gasteiger partial charge is 0.0253 e. The average molecular weight is 309 g/mol. The lowest BCUT2D eigenvalue weighted by Crippen LogP contribution is -2.26. The molecule has 1 nitrogen and oxygen atoms in total. The lowest BCUT2D eigenvalue weighted by Gasteiger charge is -2.36. The maximum Gasteiger partial charge on any atom is 0.0253 e. The predicted molar refractivity (Wildman–Crippen MR) is 99.5 cm³/mol. The van der Waals surface area contributed by atoms with Gasteiger partial charge in [-0.05, 0) is 97.9 Å². The predicted octanol–water partition coefficient (Wildman–Crippen LogP) is 5.87. The third-order valence-electron chi connectivity index (χ3n) is 6.35. The van der Waals surface area contributed by atoms with Crippen LogP contribution in [0.1, 0.15) is 67.2 Å². The number of rotatable bonds is 5. The van der Waals surface area contributed by atoms with Gasteiger partial charge in [-0.2, -0.15) is 0 Å². The van der Waals surface area contributed by atoms with Gasteiger partial charge in [0, 0.05) is 6.21 Å². The minimum Gasteiger partial charge on any atom is -0.308 e. The van der Waals surface area contributed by atoms with Crippen molar-refractivity contribution in [3.05, 3.63) is 47.0 Å². The first-order valence-corrected chi connectivity index (χ1v) is 9.45. The van der Waals surface area contributed by atoms with Gasteiger partial charge in [0.05, 0.1) is 0 Å². The van der Waals surface area contributed by atoms with Crippen LogP contribution in [0.15, 0.2) is 24.8 Å². The molecule has 1 N–H and O–H groups in total. The largest absolute Gasteiger partial charge is 0.308 e. The molecule has 1 heteroatoms. The van der Waals surface area contributed by atoms with E-state index < -0.39 is 0 Å². The van der Waals surface area contributed by atoms with Crippen molar-refractivity contribution in [2.45, 2.75) is 64.7 Å². The molecule has 1 saturated carbocycles. The van der Waals surface area contributed by atoms with E-state index in [4.69, 9.17) is 5.41 Å². The van der Waals surface area contributed by atoms with Crippen molar-refractivity contribution in [1.82, 2.24) is 0 Å². The summed E-state index contributed by atoms with van der Waals surface area (Å²) in [6, 6.07) is 4.62. The second-order valence-corrected chi connectivity index (χ2v) is 7.77. The van der Waals surface area contributed by atoms with Gasteiger partial charge < -0.3 is 5.41 Å². The summed E-state index contributed by atoms with van der Waals surface area (Å²) in [7, 11) is 0. The van der Waals surface area contributed by atoms with Gasteiger partial charge in [-0.15, -0.1) is 6.58 Å². The molecule has 1 aromatic carbocycles. The summed E-state index contributed by atoms with van der Waals surface area (Å²) in [5, 5.41) is 7.54. The number of nitrogens with one attached hydrogen (secondary N) is 1. The number of hydrogen-bond donors (Lipinski definition) is 1. The third kappa shape index (κ3) is 3.76. The van der Waals surface area contributed by atoms with Gasteiger partial charge in [0.1, 0.15) is 0 Å². The van der Waals surface area contributed by atoms with E-state index in [2.05, 4.69) is 31.7 Å². The van der Waals surface area contributed by atoms with Crippen LogP contribution in [-0.4, -0.2) is 6.21 Å². The average Bonchev–Trinajstić information content (AvgIpc) is 2.59. The summed E-state index contributed by atoms with van der Waals surface area (Å²) < 4.78 is 0. The van der Waals surface area contributed by atoms with E-state index in [0.717, 1.165) is 23.3 Å². The van der Waals surface area contributed by atoms with Crippen molar-refractivity contribution < 1.29 is 0 Å². The second kappa shape index (κ2) is 7.47. The topological polar surface area (TPSA) is 23.9 Å².